The van der Waals surface area contributed by atoms with E-state index >= 15 is 0 Å². The fourth-order valence-electron chi connectivity index (χ4n) is 0.604. The fourth-order valence-corrected chi connectivity index (χ4v) is 1.46. The molecule has 0 aliphatic carbocycles. The molecular formula is C7H7OS. The number of hydrogen-bond donors (Lipinski definition) is 0. The first-order valence-electron chi connectivity index (χ1n) is 2.68. The van der Waals surface area contributed by atoms with Crippen molar-refractivity contribution in [2.45, 2.75) is 13.8 Å². The molecule has 9 heavy (non-hydrogen) atoms. The first-order chi connectivity index (χ1) is 4.25. The minimum Gasteiger partial charge on any atom is -0.284 e. The van der Waals surface area contributed by atoms with Crippen molar-refractivity contribution in [1.82, 2.24) is 0 Å². The molecule has 0 aromatic carbocycles. The van der Waals surface area contributed by atoms with Gasteiger partial charge in [0, 0.05) is 0 Å². The van der Waals surface area contributed by atoms with Gasteiger partial charge >= 0.3 is 0 Å². The van der Waals surface area contributed by atoms with Gasteiger partial charge in [0.1, 0.15) is 0 Å². The van der Waals surface area contributed by atoms with Crippen LogP contribution in [-0.2, 0) is 4.79 Å². The van der Waals surface area contributed by atoms with Gasteiger partial charge in [-0.3, -0.25) is 4.79 Å². The quantitative estimate of drug-likeness (QED) is 0.580. The zero-order chi connectivity index (χ0) is 6.85. The molecule has 0 bridgehead atoms. The lowest BCUT2D eigenvalue weighted by molar-refractivity contribution is 0.563. The van der Waals surface area contributed by atoms with Gasteiger partial charge in [0.15, 0.2) is 0 Å². The maximum absolute atomic E-state index is 10.1. The van der Waals surface area contributed by atoms with Gasteiger partial charge in [0.2, 0.25) is 6.29 Å². The van der Waals surface area contributed by atoms with E-state index in [-0.39, 0.29) is 0 Å². The molecule has 1 rings (SSSR count). The van der Waals surface area contributed by atoms with Crippen LogP contribution in [0.3, 0.4) is 0 Å². The summed E-state index contributed by atoms with van der Waals surface area (Å²) >= 11 is 1.45. The average Bonchev–Trinajstić information content (AvgIpc) is 2.15. The summed E-state index contributed by atoms with van der Waals surface area (Å²) in [5.41, 5.74) is 2.24. The molecule has 1 aromatic heterocycles. The molecule has 1 aromatic rings. The van der Waals surface area contributed by atoms with Crippen LogP contribution in [-0.4, -0.2) is 6.29 Å². The normalized spacial score (nSPS) is 9.56. The van der Waals surface area contributed by atoms with Gasteiger partial charge in [-0.1, -0.05) is 0 Å². The monoisotopic (exact) mass is 139 g/mol. The molecule has 1 nitrogen and oxygen atoms in total. The van der Waals surface area contributed by atoms with E-state index in [0.717, 1.165) is 10.4 Å². The van der Waals surface area contributed by atoms with Crippen LogP contribution in [0.5, 0.6) is 0 Å². The maximum Gasteiger partial charge on any atom is 0.244 e. The molecule has 47 valence electrons. The standard InChI is InChI=1S/C7H7OS/c1-5-4-9-7(3-8)6(5)2/h4H,1-2H3. The van der Waals surface area contributed by atoms with E-state index in [1.165, 1.54) is 16.9 Å². The summed E-state index contributed by atoms with van der Waals surface area (Å²) in [6, 6.07) is 0. The van der Waals surface area contributed by atoms with Gasteiger partial charge in [-0.05, 0) is 30.4 Å². The summed E-state index contributed by atoms with van der Waals surface area (Å²) in [6.07, 6.45) is 1.88. The van der Waals surface area contributed by atoms with Crippen molar-refractivity contribution in [1.29, 1.82) is 0 Å². The third kappa shape index (κ3) is 1.03. The van der Waals surface area contributed by atoms with Gasteiger partial charge in [-0.25, -0.2) is 0 Å². The summed E-state index contributed by atoms with van der Waals surface area (Å²) in [6.45, 7) is 3.93. The Morgan fingerprint density at radius 1 is 1.56 bits per heavy atom. The Kier molecular flexibility index (Phi) is 1.67. The third-order valence-electron chi connectivity index (χ3n) is 1.38. The predicted molar refractivity (Wildman–Crippen MR) is 38.6 cm³/mol. The largest absolute Gasteiger partial charge is 0.284 e. The predicted octanol–water partition coefficient (Wildman–Crippen LogP) is 1.82. The van der Waals surface area contributed by atoms with Crippen LogP contribution in [0.4, 0.5) is 0 Å². The second kappa shape index (κ2) is 2.31. The summed E-state index contributed by atoms with van der Waals surface area (Å²) in [5, 5.41) is 1.97. The molecule has 0 saturated carbocycles. The Labute approximate surface area is 58.3 Å². The minimum atomic E-state index is 0.729. The summed E-state index contributed by atoms with van der Waals surface area (Å²) < 4.78 is 0. The Morgan fingerprint density at radius 3 is 2.44 bits per heavy atom. The van der Waals surface area contributed by atoms with Crippen molar-refractivity contribution in [3.8, 4) is 0 Å². The number of thiophene rings is 1. The minimum absolute atomic E-state index is 0.729. The molecular weight excluding hydrogens is 132 g/mol. The SMILES string of the molecule is Cc1csc([C]=O)c1C. The van der Waals surface area contributed by atoms with E-state index in [4.69, 9.17) is 0 Å². The molecule has 0 amide bonds. The molecule has 0 unspecified atom stereocenters. The first-order valence-corrected chi connectivity index (χ1v) is 3.56. The number of hydrogen-bond acceptors (Lipinski definition) is 2. The molecule has 2 heteroatoms. The smallest absolute Gasteiger partial charge is 0.244 e. The molecule has 0 saturated heterocycles. The molecule has 0 spiro atoms. The second-order valence-electron chi connectivity index (χ2n) is 1.97. The van der Waals surface area contributed by atoms with E-state index in [2.05, 4.69) is 0 Å². The number of aryl methyl sites for hydroxylation is 1. The highest BCUT2D eigenvalue weighted by atomic mass is 32.1. The van der Waals surface area contributed by atoms with Crippen molar-refractivity contribution in [3.05, 3.63) is 21.4 Å². The summed E-state index contributed by atoms with van der Waals surface area (Å²) in [7, 11) is 0. The van der Waals surface area contributed by atoms with E-state index in [1.54, 1.807) is 0 Å². The number of rotatable bonds is 1. The molecule has 1 heterocycles. The van der Waals surface area contributed by atoms with Crippen molar-refractivity contribution in [3.63, 3.8) is 0 Å². The second-order valence-corrected chi connectivity index (χ2v) is 2.85. The van der Waals surface area contributed by atoms with Gasteiger partial charge in [0.05, 0.1) is 4.88 Å². The van der Waals surface area contributed by atoms with Crippen LogP contribution in [0, 0.1) is 13.8 Å². The van der Waals surface area contributed by atoms with Crippen LogP contribution >= 0.6 is 11.3 Å². The average molecular weight is 139 g/mol. The summed E-state index contributed by atoms with van der Waals surface area (Å²) in [4.78, 5) is 10.9. The van der Waals surface area contributed by atoms with Gasteiger partial charge in [0.25, 0.3) is 0 Å². The van der Waals surface area contributed by atoms with E-state index < -0.39 is 0 Å². The molecule has 0 N–H and O–H groups in total. The molecule has 1 radical (unpaired) electrons. The molecule has 0 aliphatic rings. The van der Waals surface area contributed by atoms with E-state index in [0.29, 0.717) is 0 Å². The van der Waals surface area contributed by atoms with Crippen LogP contribution in [0.1, 0.15) is 16.0 Å². The lowest BCUT2D eigenvalue weighted by Crippen LogP contribution is -1.77. The van der Waals surface area contributed by atoms with Crippen molar-refractivity contribution in [2.24, 2.45) is 0 Å². The van der Waals surface area contributed by atoms with Gasteiger partial charge in [-0.2, -0.15) is 0 Å². The molecule has 0 fully saturated rings. The highest BCUT2D eigenvalue weighted by molar-refractivity contribution is 7.12. The number of carbonyl (C=O) groups excluding carboxylic acids is 1. The van der Waals surface area contributed by atoms with Crippen LogP contribution in [0.2, 0.25) is 0 Å². The zero-order valence-electron chi connectivity index (χ0n) is 5.39. The van der Waals surface area contributed by atoms with Crippen LogP contribution in [0.25, 0.3) is 0 Å². The Hall–Kier alpha value is -0.630. The Morgan fingerprint density at radius 2 is 2.22 bits per heavy atom. The highest BCUT2D eigenvalue weighted by Crippen LogP contribution is 2.17. The van der Waals surface area contributed by atoms with Crippen LogP contribution < -0.4 is 0 Å². The lowest BCUT2D eigenvalue weighted by atomic mass is 10.2. The molecule has 0 atom stereocenters. The third-order valence-corrected chi connectivity index (χ3v) is 2.47. The van der Waals surface area contributed by atoms with E-state index in [1.807, 2.05) is 25.5 Å². The molecule has 0 aliphatic heterocycles. The van der Waals surface area contributed by atoms with Gasteiger partial charge in [-0.15, -0.1) is 11.3 Å². The van der Waals surface area contributed by atoms with Gasteiger partial charge < -0.3 is 0 Å². The van der Waals surface area contributed by atoms with E-state index in [9.17, 15) is 4.79 Å². The fraction of sp³-hybridized carbons (Fsp3) is 0.286. The first kappa shape index (κ1) is 6.49. The topological polar surface area (TPSA) is 17.1 Å². The lowest BCUT2D eigenvalue weighted by Gasteiger charge is -1.85. The van der Waals surface area contributed by atoms with Crippen molar-refractivity contribution in [2.75, 3.05) is 0 Å². The van der Waals surface area contributed by atoms with Crippen LogP contribution in [0.15, 0.2) is 5.38 Å². The van der Waals surface area contributed by atoms with Crippen molar-refractivity contribution >= 4 is 17.6 Å². The Balaban J connectivity index is 3.18. The maximum atomic E-state index is 10.1. The summed E-state index contributed by atoms with van der Waals surface area (Å²) in [5.74, 6) is 0. The van der Waals surface area contributed by atoms with Crippen molar-refractivity contribution < 1.29 is 4.79 Å². The highest BCUT2D eigenvalue weighted by Gasteiger charge is 2.01. The Bertz CT molecular complexity index is 225. The zero-order valence-corrected chi connectivity index (χ0v) is 6.21.